The smallest absolute Gasteiger partial charge is 0.275 e. The fraction of sp³-hybridized carbons (Fsp3) is 0.312. The molecule has 0 radical (unpaired) electrons. The summed E-state index contributed by atoms with van der Waals surface area (Å²) in [5.41, 5.74) is 0.731. The molecule has 0 saturated carbocycles. The van der Waals surface area contributed by atoms with Gasteiger partial charge in [-0.25, -0.2) is 14.4 Å². The van der Waals surface area contributed by atoms with E-state index in [-0.39, 0.29) is 17.4 Å². The predicted octanol–water partition coefficient (Wildman–Crippen LogP) is 3.10. The third kappa shape index (κ3) is 4.25. The van der Waals surface area contributed by atoms with Crippen LogP contribution in [0.4, 0.5) is 15.9 Å². The number of nitrogens with one attached hydrogen (secondary N) is 1. The Morgan fingerprint density at radius 3 is 2.55 bits per heavy atom. The summed E-state index contributed by atoms with van der Waals surface area (Å²) in [4.78, 5) is 22.4. The number of aromatic nitrogens is 2. The molecule has 2 aromatic rings. The third-order valence-corrected chi connectivity index (χ3v) is 3.21. The van der Waals surface area contributed by atoms with E-state index in [0.29, 0.717) is 5.69 Å². The maximum Gasteiger partial charge on any atom is 0.275 e. The molecule has 1 aromatic carbocycles. The van der Waals surface area contributed by atoms with E-state index in [1.807, 2.05) is 11.9 Å². The maximum atomic E-state index is 12.8. The number of halogens is 1. The van der Waals surface area contributed by atoms with Gasteiger partial charge in [0.25, 0.3) is 5.91 Å². The quantitative estimate of drug-likeness (QED) is 0.891. The summed E-state index contributed by atoms with van der Waals surface area (Å²) in [6.07, 6.45) is 5.20. The van der Waals surface area contributed by atoms with Crippen LogP contribution in [-0.4, -0.2) is 29.5 Å². The Kier molecular flexibility index (Phi) is 5.41. The molecule has 5 nitrogen and oxygen atoms in total. The lowest BCUT2D eigenvalue weighted by molar-refractivity contribution is 0.102. The van der Waals surface area contributed by atoms with Gasteiger partial charge in [-0.05, 0) is 30.7 Å². The highest BCUT2D eigenvalue weighted by Crippen LogP contribution is 2.11. The van der Waals surface area contributed by atoms with E-state index >= 15 is 0 Å². The van der Waals surface area contributed by atoms with Gasteiger partial charge in [0, 0.05) is 19.3 Å². The normalized spacial score (nSPS) is 10.3. The van der Waals surface area contributed by atoms with E-state index < -0.39 is 0 Å². The summed E-state index contributed by atoms with van der Waals surface area (Å²) in [7, 11) is 1.94. The zero-order chi connectivity index (χ0) is 15.9. The molecule has 0 bridgehead atoms. The first-order chi connectivity index (χ1) is 10.6. The van der Waals surface area contributed by atoms with Crippen LogP contribution in [-0.2, 0) is 0 Å². The minimum absolute atomic E-state index is 0.219. The maximum absolute atomic E-state index is 12.8. The molecule has 0 unspecified atom stereocenters. The molecule has 1 N–H and O–H groups in total. The predicted molar refractivity (Wildman–Crippen MR) is 84.6 cm³/mol. The number of hydrogen-bond acceptors (Lipinski definition) is 4. The topological polar surface area (TPSA) is 58.1 Å². The first kappa shape index (κ1) is 15.9. The lowest BCUT2D eigenvalue weighted by Crippen LogP contribution is -2.21. The molecule has 0 atom stereocenters. The molecule has 2 rings (SSSR count). The second-order valence-electron chi connectivity index (χ2n) is 5.00. The van der Waals surface area contributed by atoms with Crippen molar-refractivity contribution in [3.63, 3.8) is 0 Å². The number of benzene rings is 1. The monoisotopic (exact) mass is 302 g/mol. The van der Waals surface area contributed by atoms with Crippen molar-refractivity contribution in [3.8, 4) is 0 Å². The Morgan fingerprint density at radius 2 is 1.95 bits per heavy atom. The summed E-state index contributed by atoms with van der Waals surface area (Å²) >= 11 is 0. The molecule has 0 aliphatic heterocycles. The van der Waals surface area contributed by atoms with Crippen LogP contribution in [0.5, 0.6) is 0 Å². The molecule has 0 aliphatic rings. The highest BCUT2D eigenvalue weighted by molar-refractivity contribution is 6.02. The van der Waals surface area contributed by atoms with E-state index in [1.54, 1.807) is 6.20 Å². The van der Waals surface area contributed by atoms with Crippen molar-refractivity contribution in [2.24, 2.45) is 0 Å². The van der Waals surface area contributed by atoms with Crippen LogP contribution >= 0.6 is 0 Å². The molecular formula is C16H19FN4O. The van der Waals surface area contributed by atoms with E-state index in [9.17, 15) is 9.18 Å². The number of nitrogens with zero attached hydrogens (tertiary/aromatic N) is 3. The van der Waals surface area contributed by atoms with E-state index in [0.717, 1.165) is 25.2 Å². The molecule has 1 amide bonds. The van der Waals surface area contributed by atoms with Gasteiger partial charge in [-0.15, -0.1) is 0 Å². The number of unbranched alkanes of at least 4 members (excludes halogenated alkanes) is 1. The Bertz CT molecular complexity index is 613. The zero-order valence-electron chi connectivity index (χ0n) is 12.7. The average molecular weight is 302 g/mol. The molecule has 0 spiro atoms. The number of carbonyl (C=O) groups excluding carboxylic acids is 1. The Morgan fingerprint density at radius 1 is 1.23 bits per heavy atom. The minimum atomic E-state index is -0.373. The summed E-state index contributed by atoms with van der Waals surface area (Å²) in [6.45, 7) is 3.02. The fourth-order valence-corrected chi connectivity index (χ4v) is 1.87. The van der Waals surface area contributed by atoms with Gasteiger partial charge in [0.15, 0.2) is 0 Å². The molecule has 0 aliphatic carbocycles. The van der Waals surface area contributed by atoms with Crippen LogP contribution in [0, 0.1) is 5.82 Å². The van der Waals surface area contributed by atoms with Gasteiger partial charge in [-0.2, -0.15) is 0 Å². The number of amides is 1. The van der Waals surface area contributed by atoms with Gasteiger partial charge in [0.05, 0.1) is 12.4 Å². The van der Waals surface area contributed by atoms with Crippen LogP contribution in [0.1, 0.15) is 30.3 Å². The lowest BCUT2D eigenvalue weighted by Gasteiger charge is -2.17. The van der Waals surface area contributed by atoms with Crippen molar-refractivity contribution in [2.45, 2.75) is 19.8 Å². The lowest BCUT2D eigenvalue weighted by atomic mass is 10.3. The molecule has 22 heavy (non-hydrogen) atoms. The van der Waals surface area contributed by atoms with Crippen molar-refractivity contribution in [1.82, 2.24) is 9.97 Å². The van der Waals surface area contributed by atoms with E-state index in [4.69, 9.17) is 0 Å². The van der Waals surface area contributed by atoms with Crippen molar-refractivity contribution in [2.75, 3.05) is 23.8 Å². The van der Waals surface area contributed by atoms with Gasteiger partial charge in [-0.1, -0.05) is 13.3 Å². The first-order valence-corrected chi connectivity index (χ1v) is 7.20. The van der Waals surface area contributed by atoms with E-state index in [1.165, 1.54) is 30.5 Å². The Hall–Kier alpha value is -2.50. The van der Waals surface area contributed by atoms with Crippen molar-refractivity contribution in [1.29, 1.82) is 0 Å². The largest absolute Gasteiger partial charge is 0.358 e. The minimum Gasteiger partial charge on any atom is -0.358 e. The number of rotatable bonds is 6. The van der Waals surface area contributed by atoms with Crippen LogP contribution in [0.25, 0.3) is 0 Å². The SMILES string of the molecule is CCCCN(C)c1cnc(C(=O)Nc2ccc(F)cc2)cn1. The molecule has 0 saturated heterocycles. The van der Waals surface area contributed by atoms with Gasteiger partial charge >= 0.3 is 0 Å². The van der Waals surface area contributed by atoms with Gasteiger partial charge in [-0.3, -0.25) is 4.79 Å². The summed E-state index contributed by atoms with van der Waals surface area (Å²) < 4.78 is 12.8. The molecule has 116 valence electrons. The third-order valence-electron chi connectivity index (χ3n) is 3.21. The van der Waals surface area contributed by atoms with Gasteiger partial charge < -0.3 is 10.2 Å². The van der Waals surface area contributed by atoms with Crippen molar-refractivity contribution >= 4 is 17.4 Å². The standard InChI is InChI=1S/C16H19FN4O/c1-3-4-9-21(2)15-11-18-14(10-19-15)16(22)20-13-7-5-12(17)6-8-13/h5-8,10-11H,3-4,9H2,1-2H3,(H,20,22). The average Bonchev–Trinajstić information content (AvgIpc) is 2.55. The molecule has 1 aromatic heterocycles. The summed E-state index contributed by atoms with van der Waals surface area (Å²) in [5.74, 6) is 0.00547. The van der Waals surface area contributed by atoms with Gasteiger partial charge in [0.1, 0.15) is 17.3 Å². The molecule has 0 fully saturated rings. The second kappa shape index (κ2) is 7.49. The fourth-order valence-electron chi connectivity index (χ4n) is 1.87. The van der Waals surface area contributed by atoms with Crippen LogP contribution in [0.2, 0.25) is 0 Å². The molecular weight excluding hydrogens is 283 g/mol. The molecule has 6 heteroatoms. The number of hydrogen-bond donors (Lipinski definition) is 1. The summed E-state index contributed by atoms with van der Waals surface area (Å²) in [5, 5.41) is 2.65. The zero-order valence-corrected chi connectivity index (χ0v) is 12.7. The van der Waals surface area contributed by atoms with Crippen molar-refractivity contribution in [3.05, 3.63) is 48.2 Å². The second-order valence-corrected chi connectivity index (χ2v) is 5.00. The highest BCUT2D eigenvalue weighted by atomic mass is 19.1. The summed E-state index contributed by atoms with van der Waals surface area (Å²) in [6, 6.07) is 5.56. The number of carbonyl (C=O) groups is 1. The molecule has 1 heterocycles. The van der Waals surface area contributed by atoms with Crippen LogP contribution in [0.15, 0.2) is 36.7 Å². The Labute approximate surface area is 129 Å². The van der Waals surface area contributed by atoms with Crippen molar-refractivity contribution < 1.29 is 9.18 Å². The van der Waals surface area contributed by atoms with E-state index in [2.05, 4.69) is 22.2 Å². The van der Waals surface area contributed by atoms with Crippen LogP contribution < -0.4 is 10.2 Å². The number of anilines is 2. The van der Waals surface area contributed by atoms with Crippen LogP contribution in [0.3, 0.4) is 0 Å². The van der Waals surface area contributed by atoms with Gasteiger partial charge in [0.2, 0.25) is 0 Å². The Balaban J connectivity index is 2.00. The highest BCUT2D eigenvalue weighted by Gasteiger charge is 2.10. The first-order valence-electron chi connectivity index (χ1n) is 7.20.